The van der Waals surface area contributed by atoms with Gasteiger partial charge in [0.25, 0.3) is 6.43 Å². The van der Waals surface area contributed by atoms with Crippen molar-refractivity contribution >= 4 is 23.4 Å². The lowest BCUT2D eigenvalue weighted by atomic mass is 10.1. The van der Waals surface area contributed by atoms with Crippen molar-refractivity contribution in [1.82, 2.24) is 4.98 Å². The first-order valence-corrected chi connectivity index (χ1v) is 4.92. The minimum atomic E-state index is -3.06. The predicted molar refractivity (Wildman–Crippen MR) is 56.6 cm³/mol. The summed E-state index contributed by atoms with van der Waals surface area (Å²) in [6.45, 7) is 0. The second kappa shape index (κ2) is 5.67. The molecule has 0 saturated heterocycles. The molecule has 98 valence electrons. The van der Waals surface area contributed by atoms with Gasteiger partial charge in [0, 0.05) is 5.56 Å². The molecule has 0 aliphatic rings. The number of rotatable bonds is 4. The maximum Gasteiger partial charge on any atom is 0.382 e. The van der Waals surface area contributed by atoms with E-state index < -0.39 is 40.1 Å². The minimum absolute atomic E-state index is 0.201. The molecule has 18 heavy (non-hydrogen) atoms. The van der Waals surface area contributed by atoms with Gasteiger partial charge in [-0.05, 0) is 9.91 Å². The molecule has 9 heteroatoms. The van der Waals surface area contributed by atoms with Crippen molar-refractivity contribution in [3.8, 4) is 0 Å². The lowest BCUT2D eigenvalue weighted by Gasteiger charge is -2.08. The Kier molecular flexibility index (Phi) is 4.49. The molecule has 0 aromatic carbocycles. The summed E-state index contributed by atoms with van der Waals surface area (Å²) >= 11 is 5.49. The highest BCUT2D eigenvalue weighted by molar-refractivity contribution is 6.33. The average Bonchev–Trinajstić information content (AvgIpc) is 2.27. The fraction of sp³-hybridized carbons (Fsp3) is 0.333. The summed E-state index contributed by atoms with van der Waals surface area (Å²) < 4.78 is 29.9. The third-order valence-electron chi connectivity index (χ3n) is 2.08. The van der Waals surface area contributed by atoms with Gasteiger partial charge in [-0.25, -0.2) is 8.78 Å². The van der Waals surface area contributed by atoms with E-state index in [0.29, 0.717) is 0 Å². The average molecular weight is 281 g/mol. The number of nitrogens with zero attached hydrogens (tertiary/aromatic N) is 2. The Bertz CT molecular complexity index is 496. The van der Waals surface area contributed by atoms with E-state index in [0.717, 1.165) is 13.3 Å². The maximum atomic E-state index is 12.8. The first-order valence-electron chi connectivity index (χ1n) is 4.55. The monoisotopic (exact) mass is 280 g/mol. The van der Waals surface area contributed by atoms with Crippen LogP contribution in [0.15, 0.2) is 6.20 Å². The second-order valence-electron chi connectivity index (χ2n) is 3.15. The third-order valence-corrected chi connectivity index (χ3v) is 2.45. The van der Waals surface area contributed by atoms with Gasteiger partial charge in [-0.2, -0.15) is 0 Å². The Morgan fingerprint density at radius 2 is 2.28 bits per heavy atom. The van der Waals surface area contributed by atoms with Gasteiger partial charge in [-0.1, -0.05) is 11.6 Å². The van der Waals surface area contributed by atoms with E-state index in [4.69, 9.17) is 11.6 Å². The van der Waals surface area contributed by atoms with Crippen molar-refractivity contribution in [3.05, 3.63) is 32.5 Å². The minimum Gasteiger partial charge on any atom is -0.469 e. The molecule has 1 heterocycles. The summed E-state index contributed by atoms with van der Waals surface area (Å²) in [6.07, 6.45) is -2.72. The van der Waals surface area contributed by atoms with E-state index in [1.807, 2.05) is 0 Å². The van der Waals surface area contributed by atoms with Gasteiger partial charge in [0.1, 0.15) is 11.2 Å². The Balaban J connectivity index is 3.32. The number of methoxy groups -OCH3 is 1. The van der Waals surface area contributed by atoms with E-state index in [1.54, 1.807) is 0 Å². The molecule has 0 saturated carbocycles. The molecule has 0 aliphatic carbocycles. The topological polar surface area (TPSA) is 82.3 Å². The van der Waals surface area contributed by atoms with Gasteiger partial charge in [0.2, 0.25) is 0 Å². The zero-order valence-electron chi connectivity index (χ0n) is 9.02. The van der Waals surface area contributed by atoms with Crippen molar-refractivity contribution in [2.24, 2.45) is 0 Å². The molecule has 6 nitrogen and oxygen atoms in total. The third kappa shape index (κ3) is 2.89. The van der Waals surface area contributed by atoms with Crippen LogP contribution in [-0.2, 0) is 16.0 Å². The number of ether oxygens (including phenoxy) is 1. The standard InChI is InChI=1S/C9H7ClF2N2O4/c1-18-5(15)2-4-3-13-9(14(16)17)7(10)6(4)8(11)12/h3,8H,2H2,1H3. The van der Waals surface area contributed by atoms with Crippen molar-refractivity contribution in [1.29, 1.82) is 0 Å². The molecule has 0 N–H and O–H groups in total. The number of pyridine rings is 1. The molecule has 0 radical (unpaired) electrons. The molecule has 0 spiro atoms. The van der Waals surface area contributed by atoms with E-state index >= 15 is 0 Å². The largest absolute Gasteiger partial charge is 0.469 e. The van der Waals surface area contributed by atoms with Crippen LogP contribution in [0.2, 0.25) is 5.02 Å². The Morgan fingerprint density at radius 1 is 1.67 bits per heavy atom. The summed E-state index contributed by atoms with van der Waals surface area (Å²) in [6, 6.07) is 0. The Morgan fingerprint density at radius 3 is 2.72 bits per heavy atom. The summed E-state index contributed by atoms with van der Waals surface area (Å²) in [7, 11) is 1.09. The van der Waals surface area contributed by atoms with Gasteiger partial charge in [-0.15, -0.1) is 0 Å². The molecule has 1 aromatic rings. The van der Waals surface area contributed by atoms with Crippen molar-refractivity contribution in [3.63, 3.8) is 0 Å². The van der Waals surface area contributed by atoms with Gasteiger partial charge in [0.05, 0.1) is 19.1 Å². The number of alkyl halides is 2. The van der Waals surface area contributed by atoms with Gasteiger partial charge >= 0.3 is 11.8 Å². The maximum absolute atomic E-state index is 12.8. The molecule has 1 aromatic heterocycles. The van der Waals surface area contributed by atoms with Crippen LogP contribution in [0.5, 0.6) is 0 Å². The van der Waals surface area contributed by atoms with Gasteiger partial charge < -0.3 is 14.9 Å². The summed E-state index contributed by atoms with van der Waals surface area (Å²) in [4.78, 5) is 23.9. The van der Waals surface area contributed by atoms with Crippen LogP contribution in [0.3, 0.4) is 0 Å². The Labute approximate surface area is 105 Å². The number of carbonyl (C=O) groups is 1. The lowest BCUT2D eigenvalue weighted by Crippen LogP contribution is -2.09. The van der Waals surface area contributed by atoms with Crippen LogP contribution in [0.25, 0.3) is 0 Å². The predicted octanol–water partition coefficient (Wildman–Crippen LogP) is 2.30. The van der Waals surface area contributed by atoms with Crippen LogP contribution in [-0.4, -0.2) is 23.0 Å². The van der Waals surface area contributed by atoms with E-state index in [2.05, 4.69) is 9.72 Å². The molecule has 1 rings (SSSR count). The van der Waals surface area contributed by atoms with Crippen LogP contribution in [0.4, 0.5) is 14.6 Å². The Hall–Kier alpha value is -1.83. The highest BCUT2D eigenvalue weighted by Crippen LogP contribution is 2.35. The number of carbonyl (C=O) groups excluding carboxylic acids is 1. The zero-order valence-corrected chi connectivity index (χ0v) is 9.78. The fourth-order valence-electron chi connectivity index (χ4n) is 1.26. The summed E-state index contributed by atoms with van der Waals surface area (Å²) in [5.74, 6) is -1.65. The number of esters is 1. The molecule has 0 amide bonds. The van der Waals surface area contributed by atoms with Crippen LogP contribution in [0.1, 0.15) is 17.6 Å². The number of nitro groups is 1. The first-order chi connectivity index (χ1) is 8.38. The normalized spacial score (nSPS) is 10.5. The molecule has 0 bridgehead atoms. The number of halogens is 3. The van der Waals surface area contributed by atoms with E-state index in [-0.39, 0.29) is 5.56 Å². The molecule has 0 unspecified atom stereocenters. The van der Waals surface area contributed by atoms with Crippen molar-refractivity contribution in [2.75, 3.05) is 7.11 Å². The van der Waals surface area contributed by atoms with Crippen LogP contribution >= 0.6 is 11.6 Å². The van der Waals surface area contributed by atoms with E-state index in [1.165, 1.54) is 0 Å². The number of hydrogen-bond donors (Lipinski definition) is 0. The smallest absolute Gasteiger partial charge is 0.382 e. The van der Waals surface area contributed by atoms with Crippen molar-refractivity contribution in [2.45, 2.75) is 12.8 Å². The molecule has 0 atom stereocenters. The fourth-order valence-corrected chi connectivity index (χ4v) is 1.58. The highest BCUT2D eigenvalue weighted by atomic mass is 35.5. The van der Waals surface area contributed by atoms with Gasteiger partial charge in [-0.3, -0.25) is 4.79 Å². The first kappa shape index (κ1) is 14.2. The van der Waals surface area contributed by atoms with Crippen LogP contribution in [0, 0.1) is 10.1 Å². The number of hydrogen-bond acceptors (Lipinski definition) is 5. The highest BCUT2D eigenvalue weighted by Gasteiger charge is 2.28. The van der Waals surface area contributed by atoms with Crippen molar-refractivity contribution < 1.29 is 23.2 Å². The lowest BCUT2D eigenvalue weighted by molar-refractivity contribution is -0.389. The molecular weight excluding hydrogens is 274 g/mol. The van der Waals surface area contributed by atoms with E-state index in [9.17, 15) is 23.7 Å². The zero-order chi connectivity index (χ0) is 13.9. The SMILES string of the molecule is COC(=O)Cc1cnc([N+](=O)[O-])c(Cl)c1C(F)F. The second-order valence-corrected chi connectivity index (χ2v) is 3.52. The molecule has 0 fully saturated rings. The van der Waals surface area contributed by atoms with Gasteiger partial charge in [0.15, 0.2) is 0 Å². The van der Waals surface area contributed by atoms with Crippen LogP contribution < -0.4 is 0 Å². The quantitative estimate of drug-likeness (QED) is 0.480. The molecular formula is C9H7ClF2N2O4. The number of aromatic nitrogens is 1. The summed E-state index contributed by atoms with van der Waals surface area (Å²) in [5.41, 5.74) is -0.976. The summed E-state index contributed by atoms with van der Waals surface area (Å²) in [5, 5.41) is 9.74. The molecule has 0 aliphatic heterocycles.